The van der Waals surface area contributed by atoms with Crippen LogP contribution >= 0.6 is 0 Å². The highest BCUT2D eigenvalue weighted by molar-refractivity contribution is 5.95. The van der Waals surface area contributed by atoms with Crippen LogP contribution in [0.25, 0.3) is 5.95 Å². The number of amides is 2. The zero-order valence-corrected chi connectivity index (χ0v) is 19.7. The molecule has 0 bridgehead atoms. The van der Waals surface area contributed by atoms with Crippen LogP contribution in [0.15, 0.2) is 22.6 Å². The third kappa shape index (κ3) is 5.11. The summed E-state index contributed by atoms with van der Waals surface area (Å²) in [6.07, 6.45) is 0. The van der Waals surface area contributed by atoms with Crippen molar-refractivity contribution < 1.29 is 14.0 Å². The van der Waals surface area contributed by atoms with Gasteiger partial charge in [0.25, 0.3) is 11.9 Å². The first-order valence-corrected chi connectivity index (χ1v) is 11.0. The Labute approximate surface area is 192 Å². The fourth-order valence-electron chi connectivity index (χ4n) is 4.05. The van der Waals surface area contributed by atoms with E-state index in [-0.39, 0.29) is 18.4 Å². The predicted octanol–water partition coefficient (Wildman–Crippen LogP) is 2.19. The standard InChI is InChI=1S/C23H29N7O3/c1-14-10-15(2)25-23(24-14)30-20(11-16(3)27-30)26-21(31)13-28-6-8-29(9-7-28)22(32)19-12-17(4)33-18(19)5/h10-12H,6-9,13H2,1-5H3,(H,26,31). The molecule has 2 amide bonds. The van der Waals surface area contributed by atoms with Crippen LogP contribution in [0.3, 0.4) is 0 Å². The van der Waals surface area contributed by atoms with Crippen molar-refractivity contribution in [3.63, 3.8) is 0 Å². The molecule has 10 nitrogen and oxygen atoms in total. The van der Waals surface area contributed by atoms with E-state index in [1.165, 1.54) is 0 Å². The van der Waals surface area contributed by atoms with Gasteiger partial charge in [0, 0.05) is 43.6 Å². The van der Waals surface area contributed by atoms with E-state index in [1.807, 2.05) is 43.6 Å². The lowest BCUT2D eigenvalue weighted by molar-refractivity contribution is -0.117. The Morgan fingerprint density at radius 1 is 0.939 bits per heavy atom. The van der Waals surface area contributed by atoms with Crippen LogP contribution in [0.1, 0.15) is 39.0 Å². The number of nitrogens with one attached hydrogen (secondary N) is 1. The van der Waals surface area contributed by atoms with Gasteiger partial charge in [0.1, 0.15) is 17.3 Å². The number of nitrogens with zero attached hydrogens (tertiary/aromatic N) is 6. The van der Waals surface area contributed by atoms with Gasteiger partial charge >= 0.3 is 0 Å². The number of aromatic nitrogens is 4. The molecule has 33 heavy (non-hydrogen) atoms. The highest BCUT2D eigenvalue weighted by Gasteiger charge is 2.26. The minimum Gasteiger partial charge on any atom is -0.466 e. The van der Waals surface area contributed by atoms with Crippen molar-refractivity contribution in [1.82, 2.24) is 29.5 Å². The molecule has 0 radical (unpaired) electrons. The minimum atomic E-state index is -0.151. The molecule has 1 saturated heterocycles. The van der Waals surface area contributed by atoms with Crippen molar-refractivity contribution in [2.45, 2.75) is 34.6 Å². The second kappa shape index (κ2) is 9.14. The van der Waals surface area contributed by atoms with Crippen LogP contribution in [0.4, 0.5) is 5.82 Å². The lowest BCUT2D eigenvalue weighted by atomic mass is 10.2. The number of furan rings is 1. The largest absolute Gasteiger partial charge is 0.466 e. The molecule has 0 aromatic carbocycles. The average Bonchev–Trinajstić information content (AvgIpc) is 3.28. The SMILES string of the molecule is Cc1cc(C)nc(-n2nc(C)cc2NC(=O)CN2CCN(C(=O)c3cc(C)oc3C)CC2)n1. The molecule has 1 aliphatic rings. The third-order valence-corrected chi connectivity index (χ3v) is 5.56. The van der Waals surface area contributed by atoms with E-state index in [9.17, 15) is 9.59 Å². The summed E-state index contributed by atoms with van der Waals surface area (Å²) in [5, 5.41) is 7.37. The van der Waals surface area contributed by atoms with Crippen LogP contribution in [-0.4, -0.2) is 74.1 Å². The topological polar surface area (TPSA) is 109 Å². The zero-order chi connectivity index (χ0) is 23.7. The second-order valence-corrected chi connectivity index (χ2v) is 8.48. The summed E-state index contributed by atoms with van der Waals surface area (Å²) in [5.41, 5.74) is 3.02. The summed E-state index contributed by atoms with van der Waals surface area (Å²) in [6.45, 7) is 11.9. The molecule has 4 heterocycles. The number of hydrogen-bond acceptors (Lipinski definition) is 7. The molecule has 0 spiro atoms. The summed E-state index contributed by atoms with van der Waals surface area (Å²) in [6, 6.07) is 5.46. The fraction of sp³-hybridized carbons (Fsp3) is 0.435. The Morgan fingerprint density at radius 3 is 2.21 bits per heavy atom. The monoisotopic (exact) mass is 451 g/mol. The summed E-state index contributed by atoms with van der Waals surface area (Å²) in [4.78, 5) is 38.3. The molecular weight excluding hydrogens is 422 g/mol. The van der Waals surface area contributed by atoms with Gasteiger partial charge in [-0.1, -0.05) is 0 Å². The van der Waals surface area contributed by atoms with Gasteiger partial charge in [-0.2, -0.15) is 9.78 Å². The Morgan fingerprint density at radius 2 is 1.61 bits per heavy atom. The van der Waals surface area contributed by atoms with Crippen LogP contribution in [0.5, 0.6) is 0 Å². The molecule has 0 aliphatic carbocycles. The average molecular weight is 452 g/mol. The van der Waals surface area contributed by atoms with Crippen LogP contribution in [0, 0.1) is 34.6 Å². The van der Waals surface area contributed by atoms with Gasteiger partial charge in [-0.25, -0.2) is 9.97 Å². The maximum Gasteiger partial charge on any atom is 0.257 e. The first-order valence-electron chi connectivity index (χ1n) is 11.0. The van der Waals surface area contributed by atoms with Gasteiger partial charge in [0.15, 0.2) is 0 Å². The van der Waals surface area contributed by atoms with Gasteiger partial charge in [0.05, 0.1) is 17.8 Å². The quantitative estimate of drug-likeness (QED) is 0.633. The zero-order valence-electron chi connectivity index (χ0n) is 19.7. The van der Waals surface area contributed by atoms with Crippen LogP contribution < -0.4 is 5.32 Å². The number of carbonyl (C=O) groups excluding carboxylic acids is 2. The van der Waals surface area contributed by atoms with E-state index in [1.54, 1.807) is 23.7 Å². The molecule has 1 N–H and O–H groups in total. The summed E-state index contributed by atoms with van der Waals surface area (Å²) in [5.74, 6) is 2.14. The van der Waals surface area contributed by atoms with Crippen LogP contribution in [0.2, 0.25) is 0 Å². The molecular formula is C23H29N7O3. The van der Waals surface area contributed by atoms with Gasteiger partial charge in [-0.15, -0.1) is 0 Å². The molecule has 0 saturated carbocycles. The number of rotatable bonds is 5. The molecule has 3 aromatic rings. The Hall–Kier alpha value is -3.53. The Bertz CT molecular complexity index is 1170. The van der Waals surface area contributed by atoms with E-state index in [0.717, 1.165) is 22.8 Å². The summed E-state index contributed by atoms with van der Waals surface area (Å²) in [7, 11) is 0. The van der Waals surface area contributed by atoms with Crippen molar-refractivity contribution in [3.8, 4) is 5.95 Å². The van der Waals surface area contributed by atoms with Crippen molar-refractivity contribution in [1.29, 1.82) is 0 Å². The molecule has 4 rings (SSSR count). The number of hydrogen-bond donors (Lipinski definition) is 1. The number of carbonyl (C=O) groups is 2. The summed E-state index contributed by atoms with van der Waals surface area (Å²) < 4.78 is 7.04. The van der Waals surface area contributed by atoms with Crippen molar-refractivity contribution in [3.05, 3.63) is 52.4 Å². The number of aryl methyl sites for hydroxylation is 5. The minimum absolute atomic E-state index is 0.0266. The predicted molar refractivity (Wildman–Crippen MR) is 123 cm³/mol. The van der Waals surface area contributed by atoms with E-state index in [0.29, 0.717) is 49.3 Å². The van der Waals surface area contributed by atoms with Crippen LogP contribution in [-0.2, 0) is 4.79 Å². The Balaban J connectivity index is 1.36. The van der Waals surface area contributed by atoms with E-state index in [2.05, 4.69) is 20.4 Å². The Kier molecular flexibility index (Phi) is 6.28. The molecule has 0 atom stereocenters. The normalized spacial score (nSPS) is 14.5. The number of anilines is 1. The lowest BCUT2D eigenvalue weighted by Gasteiger charge is -2.34. The lowest BCUT2D eigenvalue weighted by Crippen LogP contribution is -2.50. The fourth-order valence-corrected chi connectivity index (χ4v) is 4.05. The van der Waals surface area contributed by atoms with Crippen molar-refractivity contribution >= 4 is 17.6 Å². The van der Waals surface area contributed by atoms with E-state index >= 15 is 0 Å². The highest BCUT2D eigenvalue weighted by atomic mass is 16.3. The maximum absolute atomic E-state index is 12.8. The first-order chi connectivity index (χ1) is 15.7. The van der Waals surface area contributed by atoms with Gasteiger partial charge in [-0.05, 0) is 46.8 Å². The van der Waals surface area contributed by atoms with Gasteiger partial charge in [-0.3, -0.25) is 14.5 Å². The highest BCUT2D eigenvalue weighted by Crippen LogP contribution is 2.18. The summed E-state index contributed by atoms with van der Waals surface area (Å²) >= 11 is 0. The number of piperazine rings is 1. The molecule has 174 valence electrons. The molecule has 0 unspecified atom stereocenters. The molecule has 10 heteroatoms. The second-order valence-electron chi connectivity index (χ2n) is 8.48. The maximum atomic E-state index is 12.8. The third-order valence-electron chi connectivity index (χ3n) is 5.56. The van der Waals surface area contributed by atoms with Gasteiger partial charge < -0.3 is 14.6 Å². The molecule has 1 fully saturated rings. The van der Waals surface area contributed by atoms with Gasteiger partial charge in [0.2, 0.25) is 5.91 Å². The molecule has 1 aliphatic heterocycles. The van der Waals surface area contributed by atoms with Crippen molar-refractivity contribution in [2.24, 2.45) is 0 Å². The molecule has 3 aromatic heterocycles. The first kappa shape index (κ1) is 22.7. The van der Waals surface area contributed by atoms with Crippen molar-refractivity contribution in [2.75, 3.05) is 38.0 Å². The van der Waals surface area contributed by atoms with E-state index in [4.69, 9.17) is 4.42 Å². The van der Waals surface area contributed by atoms with E-state index < -0.39 is 0 Å². The smallest absolute Gasteiger partial charge is 0.257 e.